The Morgan fingerprint density at radius 2 is 2.15 bits per heavy atom. The Balaban J connectivity index is 1.95. The number of nitrogens with one attached hydrogen (secondary N) is 1. The second kappa shape index (κ2) is 7.14. The van der Waals surface area contributed by atoms with E-state index >= 15 is 0 Å². The lowest BCUT2D eigenvalue weighted by Gasteiger charge is -2.16. The van der Waals surface area contributed by atoms with Crippen molar-refractivity contribution in [3.05, 3.63) is 23.8 Å². The lowest BCUT2D eigenvalue weighted by Crippen LogP contribution is -2.35. The number of carbonyl (C=O) groups excluding carboxylic acids is 1. The van der Waals surface area contributed by atoms with Crippen LogP contribution in [0, 0.1) is 0 Å². The summed E-state index contributed by atoms with van der Waals surface area (Å²) in [5, 5.41) is 3.16. The van der Waals surface area contributed by atoms with Crippen LogP contribution < -0.4 is 14.8 Å². The highest BCUT2D eigenvalue weighted by Gasteiger charge is 2.14. The number of benzene rings is 1. The number of rotatable bonds is 5. The standard InChI is InChI=1S/C15H22N2O3/c1-3-17(2)14(18)11-16-10-12-6-4-7-13-15(12)20-9-5-8-19-13/h4,6-7,16H,3,5,8-11H2,1-2H3. The molecule has 2 rings (SSSR count). The summed E-state index contributed by atoms with van der Waals surface area (Å²) in [6, 6.07) is 5.86. The van der Waals surface area contributed by atoms with Crippen LogP contribution in [0.3, 0.4) is 0 Å². The zero-order chi connectivity index (χ0) is 14.4. The minimum Gasteiger partial charge on any atom is -0.490 e. The largest absolute Gasteiger partial charge is 0.490 e. The van der Waals surface area contributed by atoms with Gasteiger partial charge in [0, 0.05) is 32.1 Å². The number of hydrogen-bond acceptors (Lipinski definition) is 4. The summed E-state index contributed by atoms with van der Waals surface area (Å²) in [7, 11) is 1.80. The zero-order valence-electron chi connectivity index (χ0n) is 12.1. The van der Waals surface area contributed by atoms with E-state index in [1.165, 1.54) is 0 Å². The molecule has 0 spiro atoms. The van der Waals surface area contributed by atoms with Gasteiger partial charge in [0.1, 0.15) is 0 Å². The Morgan fingerprint density at radius 1 is 1.35 bits per heavy atom. The second-order valence-electron chi connectivity index (χ2n) is 4.81. The summed E-state index contributed by atoms with van der Waals surface area (Å²) in [6.45, 7) is 4.95. The maximum absolute atomic E-state index is 11.7. The van der Waals surface area contributed by atoms with Crippen LogP contribution in [-0.2, 0) is 11.3 Å². The number of amides is 1. The van der Waals surface area contributed by atoms with Gasteiger partial charge in [0.15, 0.2) is 11.5 Å². The van der Waals surface area contributed by atoms with Crippen LogP contribution in [-0.4, -0.2) is 44.2 Å². The molecule has 5 heteroatoms. The number of hydrogen-bond donors (Lipinski definition) is 1. The number of fused-ring (bicyclic) bond motifs is 1. The molecule has 1 aromatic rings. The third-order valence-corrected chi connectivity index (χ3v) is 3.34. The molecule has 1 aliphatic heterocycles. The quantitative estimate of drug-likeness (QED) is 0.885. The molecule has 110 valence electrons. The van der Waals surface area contributed by atoms with Gasteiger partial charge in [-0.25, -0.2) is 0 Å². The van der Waals surface area contributed by atoms with E-state index in [2.05, 4.69) is 5.32 Å². The first-order valence-corrected chi connectivity index (χ1v) is 7.04. The van der Waals surface area contributed by atoms with E-state index in [1.54, 1.807) is 11.9 Å². The zero-order valence-corrected chi connectivity index (χ0v) is 12.1. The van der Waals surface area contributed by atoms with E-state index in [4.69, 9.17) is 9.47 Å². The van der Waals surface area contributed by atoms with Crippen molar-refractivity contribution < 1.29 is 14.3 Å². The van der Waals surface area contributed by atoms with Crippen LogP contribution in [0.1, 0.15) is 18.9 Å². The summed E-state index contributed by atoms with van der Waals surface area (Å²) in [5.41, 5.74) is 1.02. The molecule has 1 heterocycles. The number of carbonyl (C=O) groups is 1. The van der Waals surface area contributed by atoms with Gasteiger partial charge < -0.3 is 19.7 Å². The Hall–Kier alpha value is -1.75. The van der Waals surface area contributed by atoms with Crippen molar-refractivity contribution in [2.45, 2.75) is 19.9 Å². The molecule has 0 saturated heterocycles. The molecule has 0 bridgehead atoms. The van der Waals surface area contributed by atoms with Crippen LogP contribution in [0.5, 0.6) is 11.5 Å². The van der Waals surface area contributed by atoms with Crippen molar-refractivity contribution in [1.29, 1.82) is 0 Å². The van der Waals surface area contributed by atoms with Gasteiger partial charge in [-0.3, -0.25) is 4.79 Å². The average molecular weight is 278 g/mol. The lowest BCUT2D eigenvalue weighted by molar-refractivity contribution is -0.128. The third-order valence-electron chi connectivity index (χ3n) is 3.34. The fraction of sp³-hybridized carbons (Fsp3) is 0.533. The Kier molecular flexibility index (Phi) is 5.24. The Labute approximate surface area is 119 Å². The normalized spacial score (nSPS) is 13.7. The molecular formula is C15H22N2O3. The molecule has 0 radical (unpaired) electrons. The van der Waals surface area contributed by atoms with Crippen molar-refractivity contribution in [3.63, 3.8) is 0 Å². The molecule has 0 fully saturated rings. The predicted molar refractivity (Wildman–Crippen MR) is 77.1 cm³/mol. The van der Waals surface area contributed by atoms with E-state index in [9.17, 15) is 4.79 Å². The minimum absolute atomic E-state index is 0.0895. The van der Waals surface area contributed by atoms with E-state index in [1.807, 2.05) is 25.1 Å². The van der Waals surface area contributed by atoms with Crippen molar-refractivity contribution in [2.24, 2.45) is 0 Å². The molecule has 1 aromatic carbocycles. The smallest absolute Gasteiger partial charge is 0.236 e. The SMILES string of the molecule is CCN(C)C(=O)CNCc1cccc2c1OCCCO2. The molecule has 5 nitrogen and oxygen atoms in total. The molecule has 1 amide bonds. The van der Waals surface area contributed by atoms with E-state index < -0.39 is 0 Å². The van der Waals surface area contributed by atoms with Crippen molar-refractivity contribution in [2.75, 3.05) is 33.4 Å². The maximum Gasteiger partial charge on any atom is 0.236 e. The van der Waals surface area contributed by atoms with Crippen molar-refractivity contribution >= 4 is 5.91 Å². The first kappa shape index (κ1) is 14.7. The topological polar surface area (TPSA) is 50.8 Å². The van der Waals surface area contributed by atoms with Crippen LogP contribution in [0.4, 0.5) is 0 Å². The highest BCUT2D eigenvalue weighted by molar-refractivity contribution is 5.77. The molecule has 0 saturated carbocycles. The summed E-state index contributed by atoms with van der Waals surface area (Å²) < 4.78 is 11.4. The van der Waals surface area contributed by atoms with E-state index in [0.717, 1.165) is 30.0 Å². The van der Waals surface area contributed by atoms with Crippen LogP contribution in [0.2, 0.25) is 0 Å². The number of likely N-dealkylation sites (N-methyl/N-ethyl adjacent to an activating group) is 1. The first-order valence-electron chi connectivity index (χ1n) is 7.04. The van der Waals surface area contributed by atoms with E-state index in [0.29, 0.717) is 26.3 Å². The average Bonchev–Trinajstić information content (AvgIpc) is 2.72. The van der Waals surface area contributed by atoms with Crippen LogP contribution >= 0.6 is 0 Å². The molecule has 1 aliphatic rings. The van der Waals surface area contributed by atoms with Gasteiger partial charge in [0.25, 0.3) is 0 Å². The fourth-order valence-corrected chi connectivity index (χ4v) is 2.01. The van der Waals surface area contributed by atoms with E-state index in [-0.39, 0.29) is 5.91 Å². The first-order chi connectivity index (χ1) is 9.72. The molecule has 0 atom stereocenters. The highest BCUT2D eigenvalue weighted by atomic mass is 16.5. The Bertz CT molecular complexity index is 462. The summed E-state index contributed by atoms with van der Waals surface area (Å²) in [4.78, 5) is 13.4. The predicted octanol–water partition coefficient (Wildman–Crippen LogP) is 1.42. The molecule has 1 N–H and O–H groups in total. The highest BCUT2D eigenvalue weighted by Crippen LogP contribution is 2.32. The van der Waals surface area contributed by atoms with Gasteiger partial charge in [0.05, 0.1) is 19.8 Å². The van der Waals surface area contributed by atoms with Gasteiger partial charge in [0.2, 0.25) is 5.91 Å². The van der Waals surface area contributed by atoms with Crippen molar-refractivity contribution in [3.8, 4) is 11.5 Å². The fourth-order valence-electron chi connectivity index (χ4n) is 2.01. The summed E-state index contributed by atoms with van der Waals surface area (Å²) in [5.74, 6) is 1.68. The maximum atomic E-state index is 11.7. The van der Waals surface area contributed by atoms with Gasteiger partial charge in [-0.15, -0.1) is 0 Å². The van der Waals surface area contributed by atoms with Gasteiger partial charge >= 0.3 is 0 Å². The second-order valence-corrected chi connectivity index (χ2v) is 4.81. The minimum atomic E-state index is 0.0895. The molecule has 0 unspecified atom stereocenters. The number of ether oxygens (including phenoxy) is 2. The van der Waals surface area contributed by atoms with Crippen LogP contribution in [0.15, 0.2) is 18.2 Å². The monoisotopic (exact) mass is 278 g/mol. The van der Waals surface area contributed by atoms with Gasteiger partial charge in [-0.2, -0.15) is 0 Å². The van der Waals surface area contributed by atoms with Gasteiger partial charge in [-0.05, 0) is 13.0 Å². The number of nitrogens with zero attached hydrogens (tertiary/aromatic N) is 1. The summed E-state index contributed by atoms with van der Waals surface area (Å²) in [6.07, 6.45) is 0.890. The van der Waals surface area contributed by atoms with Gasteiger partial charge in [-0.1, -0.05) is 12.1 Å². The third kappa shape index (κ3) is 3.63. The molecule has 0 aliphatic carbocycles. The Morgan fingerprint density at radius 3 is 2.95 bits per heavy atom. The molecule has 20 heavy (non-hydrogen) atoms. The summed E-state index contributed by atoms with van der Waals surface area (Å²) >= 11 is 0. The van der Waals surface area contributed by atoms with Crippen LogP contribution in [0.25, 0.3) is 0 Å². The molecular weight excluding hydrogens is 256 g/mol. The molecule has 0 aromatic heterocycles. The number of para-hydroxylation sites is 1. The lowest BCUT2D eigenvalue weighted by atomic mass is 10.2. The van der Waals surface area contributed by atoms with Crippen molar-refractivity contribution in [1.82, 2.24) is 10.2 Å².